The first-order valence-electron chi connectivity index (χ1n) is 8.32. The third-order valence-electron chi connectivity index (χ3n) is 4.46. The third kappa shape index (κ3) is 4.45. The van der Waals surface area contributed by atoms with Crippen LogP contribution in [0.5, 0.6) is 0 Å². The summed E-state index contributed by atoms with van der Waals surface area (Å²) in [5, 5.41) is 17.2. The van der Waals surface area contributed by atoms with Crippen LogP contribution >= 0.6 is 15.9 Å². The smallest absolute Gasteiger partial charge is 0.345 e. The molecule has 1 aliphatic carbocycles. The standard InChI is InChI=1S/C16H21BrF2N4O2/c1-9(8-25-15(18)19)21-16-20-7-14-12(17)6-13(23(14)22-16)10-2-4-11(24)5-3-10/h6-7,9-11,15,24H,2-5,8H2,1H3,(H,21,22)/t9?,10-,11-. The summed E-state index contributed by atoms with van der Waals surface area (Å²) < 4.78 is 31.3. The maximum atomic E-state index is 12.1. The van der Waals surface area contributed by atoms with Crippen molar-refractivity contribution >= 4 is 27.4 Å². The van der Waals surface area contributed by atoms with Crippen LogP contribution in [0.1, 0.15) is 44.2 Å². The predicted molar refractivity (Wildman–Crippen MR) is 92.9 cm³/mol. The molecule has 2 aromatic rings. The minimum absolute atomic E-state index is 0.137. The Morgan fingerprint density at radius 2 is 2.12 bits per heavy atom. The molecule has 0 radical (unpaired) electrons. The number of fused-ring (bicyclic) bond motifs is 1. The average molecular weight is 419 g/mol. The lowest BCUT2D eigenvalue weighted by Gasteiger charge is -2.25. The highest BCUT2D eigenvalue weighted by atomic mass is 79.9. The topological polar surface area (TPSA) is 71.7 Å². The van der Waals surface area contributed by atoms with Crippen molar-refractivity contribution in [2.45, 2.75) is 57.3 Å². The molecule has 0 aromatic carbocycles. The fraction of sp³-hybridized carbons (Fsp3) is 0.625. The van der Waals surface area contributed by atoms with Gasteiger partial charge in [-0.15, -0.1) is 5.10 Å². The van der Waals surface area contributed by atoms with E-state index in [0.717, 1.165) is 41.4 Å². The lowest BCUT2D eigenvalue weighted by molar-refractivity contribution is -0.130. The molecule has 0 saturated heterocycles. The van der Waals surface area contributed by atoms with E-state index >= 15 is 0 Å². The second kappa shape index (κ2) is 7.92. The monoisotopic (exact) mass is 418 g/mol. The second-order valence-corrected chi connectivity index (χ2v) is 7.30. The van der Waals surface area contributed by atoms with Crippen molar-refractivity contribution in [2.24, 2.45) is 0 Å². The Bertz CT molecular complexity index is 719. The van der Waals surface area contributed by atoms with E-state index in [1.165, 1.54) is 0 Å². The molecule has 2 heterocycles. The summed E-state index contributed by atoms with van der Waals surface area (Å²) >= 11 is 3.54. The highest BCUT2D eigenvalue weighted by Crippen LogP contribution is 2.36. The van der Waals surface area contributed by atoms with Gasteiger partial charge in [0.2, 0.25) is 5.95 Å². The lowest BCUT2D eigenvalue weighted by atomic mass is 9.85. The number of hydrogen-bond acceptors (Lipinski definition) is 5. The number of anilines is 1. The number of ether oxygens (including phenoxy) is 1. The van der Waals surface area contributed by atoms with E-state index in [2.05, 4.69) is 36.1 Å². The summed E-state index contributed by atoms with van der Waals surface area (Å²) in [6, 6.07) is 1.69. The van der Waals surface area contributed by atoms with Crippen molar-refractivity contribution in [2.75, 3.05) is 11.9 Å². The Hall–Kier alpha value is -1.32. The van der Waals surface area contributed by atoms with Crippen molar-refractivity contribution < 1.29 is 18.6 Å². The van der Waals surface area contributed by atoms with Gasteiger partial charge in [-0.2, -0.15) is 8.78 Å². The zero-order valence-corrected chi connectivity index (χ0v) is 15.4. The molecule has 1 unspecified atom stereocenters. The Kier molecular flexibility index (Phi) is 5.85. The molecule has 6 nitrogen and oxygen atoms in total. The minimum Gasteiger partial charge on any atom is -0.393 e. The average Bonchev–Trinajstić information content (AvgIpc) is 2.90. The van der Waals surface area contributed by atoms with E-state index in [-0.39, 0.29) is 18.8 Å². The fourth-order valence-corrected chi connectivity index (χ4v) is 3.69. The fourth-order valence-electron chi connectivity index (χ4n) is 3.18. The van der Waals surface area contributed by atoms with Crippen LogP contribution in [0.2, 0.25) is 0 Å². The maximum Gasteiger partial charge on any atom is 0.345 e. The maximum absolute atomic E-state index is 12.1. The molecular weight excluding hydrogens is 398 g/mol. The van der Waals surface area contributed by atoms with E-state index < -0.39 is 6.61 Å². The first kappa shape index (κ1) is 18.5. The predicted octanol–water partition coefficient (Wildman–Crippen LogP) is 3.55. The molecular formula is C16H21BrF2N4O2. The number of nitrogens with one attached hydrogen (secondary N) is 1. The molecule has 0 amide bonds. The number of halogens is 3. The highest BCUT2D eigenvalue weighted by molar-refractivity contribution is 9.10. The van der Waals surface area contributed by atoms with Crippen LogP contribution in [-0.2, 0) is 4.74 Å². The zero-order chi connectivity index (χ0) is 18.0. The van der Waals surface area contributed by atoms with Crippen molar-refractivity contribution in [3.63, 3.8) is 0 Å². The second-order valence-electron chi connectivity index (χ2n) is 6.44. The van der Waals surface area contributed by atoms with Crippen LogP contribution in [0.15, 0.2) is 16.7 Å². The molecule has 0 bridgehead atoms. The van der Waals surface area contributed by atoms with Gasteiger partial charge in [-0.3, -0.25) is 0 Å². The Morgan fingerprint density at radius 3 is 2.80 bits per heavy atom. The van der Waals surface area contributed by atoms with Gasteiger partial charge in [-0.1, -0.05) is 0 Å². The van der Waals surface area contributed by atoms with E-state index in [1.54, 1.807) is 13.1 Å². The summed E-state index contributed by atoms with van der Waals surface area (Å²) in [4.78, 5) is 4.25. The summed E-state index contributed by atoms with van der Waals surface area (Å²) in [5.41, 5.74) is 1.92. The van der Waals surface area contributed by atoms with Crippen molar-refractivity contribution in [3.05, 3.63) is 22.4 Å². The molecule has 2 N–H and O–H groups in total. The van der Waals surface area contributed by atoms with Gasteiger partial charge >= 0.3 is 6.61 Å². The number of alkyl halides is 2. The minimum atomic E-state index is -2.79. The summed E-state index contributed by atoms with van der Waals surface area (Å²) in [7, 11) is 0. The van der Waals surface area contributed by atoms with Crippen LogP contribution in [-0.4, -0.2) is 45.1 Å². The van der Waals surface area contributed by atoms with E-state index in [9.17, 15) is 13.9 Å². The van der Waals surface area contributed by atoms with Crippen molar-refractivity contribution in [3.8, 4) is 0 Å². The number of nitrogens with zero attached hydrogens (tertiary/aromatic N) is 3. The van der Waals surface area contributed by atoms with E-state index in [0.29, 0.717) is 11.9 Å². The number of aromatic nitrogens is 3. The molecule has 2 aromatic heterocycles. The molecule has 1 saturated carbocycles. The molecule has 3 rings (SSSR count). The Labute approximate surface area is 152 Å². The van der Waals surface area contributed by atoms with Gasteiger partial charge in [0.1, 0.15) is 0 Å². The number of aliphatic hydroxyl groups excluding tert-OH is 1. The van der Waals surface area contributed by atoms with Gasteiger partial charge in [0.25, 0.3) is 0 Å². The molecule has 9 heteroatoms. The molecule has 1 atom stereocenters. The van der Waals surface area contributed by atoms with Crippen LogP contribution < -0.4 is 5.32 Å². The van der Waals surface area contributed by atoms with E-state index in [4.69, 9.17) is 0 Å². The van der Waals surface area contributed by atoms with Gasteiger partial charge in [0, 0.05) is 22.1 Å². The number of hydrogen-bond donors (Lipinski definition) is 2. The largest absolute Gasteiger partial charge is 0.393 e. The molecule has 138 valence electrons. The SMILES string of the molecule is CC(COC(F)F)Nc1ncc2c(Br)cc([C@H]3CC[C@H](O)CC3)n2n1. The first-order valence-corrected chi connectivity index (χ1v) is 9.12. The van der Waals surface area contributed by atoms with Crippen LogP contribution in [0.4, 0.5) is 14.7 Å². The van der Waals surface area contributed by atoms with Gasteiger partial charge in [0.05, 0.1) is 24.4 Å². The Balaban J connectivity index is 1.80. The summed E-state index contributed by atoms with van der Waals surface area (Å²) in [6.45, 7) is -1.20. The normalized spacial score (nSPS) is 22.5. The molecule has 1 aliphatic rings. The van der Waals surface area contributed by atoms with Gasteiger partial charge < -0.3 is 15.2 Å². The number of aliphatic hydroxyl groups is 1. The van der Waals surface area contributed by atoms with E-state index in [1.807, 2.05) is 10.6 Å². The molecule has 25 heavy (non-hydrogen) atoms. The lowest BCUT2D eigenvalue weighted by Crippen LogP contribution is -2.25. The molecule has 0 spiro atoms. The summed E-state index contributed by atoms with van der Waals surface area (Å²) in [5.74, 6) is 0.683. The van der Waals surface area contributed by atoms with Gasteiger partial charge in [-0.25, -0.2) is 9.50 Å². The Morgan fingerprint density at radius 1 is 1.40 bits per heavy atom. The van der Waals surface area contributed by atoms with Crippen LogP contribution in [0.25, 0.3) is 5.52 Å². The quantitative estimate of drug-likeness (QED) is 0.750. The van der Waals surface area contributed by atoms with Crippen LogP contribution in [0, 0.1) is 0 Å². The van der Waals surface area contributed by atoms with Gasteiger partial charge in [0.15, 0.2) is 0 Å². The molecule has 0 aliphatic heterocycles. The van der Waals surface area contributed by atoms with Gasteiger partial charge in [-0.05, 0) is 54.6 Å². The van der Waals surface area contributed by atoms with Crippen LogP contribution in [0.3, 0.4) is 0 Å². The summed E-state index contributed by atoms with van der Waals surface area (Å²) in [6.07, 6.45) is 4.87. The highest BCUT2D eigenvalue weighted by Gasteiger charge is 2.24. The number of rotatable bonds is 6. The first-order chi connectivity index (χ1) is 11.9. The zero-order valence-electron chi connectivity index (χ0n) is 13.8. The third-order valence-corrected chi connectivity index (χ3v) is 5.09. The molecule has 1 fully saturated rings. The van der Waals surface area contributed by atoms with Crippen molar-refractivity contribution in [1.82, 2.24) is 14.6 Å². The van der Waals surface area contributed by atoms with Crippen molar-refractivity contribution in [1.29, 1.82) is 0 Å².